The minimum Gasteiger partial charge on any atom is -0.437 e. The molecule has 29 heavy (non-hydrogen) atoms. The second kappa shape index (κ2) is 9.85. The average molecular weight is 407 g/mol. The number of likely N-dealkylation sites (tertiary alicyclic amines) is 1. The molecule has 2 heterocycles. The Hall–Kier alpha value is -1.73. The summed E-state index contributed by atoms with van der Waals surface area (Å²) < 4.78 is 5.97. The standard InChI is InChI=1S/C22H38N4O3/c1-14(2)10-17-19(29-21(25-17)15-8-7-9-26(6)13-15)18(27)12-24-20(28)16(23)11-22(3,4)5/h14-16H,7-13,23H2,1-6H3,(H,24,28). The van der Waals surface area contributed by atoms with E-state index in [4.69, 9.17) is 10.2 Å². The van der Waals surface area contributed by atoms with Crippen LogP contribution in [0, 0.1) is 11.3 Å². The van der Waals surface area contributed by atoms with Crippen molar-refractivity contribution in [3.8, 4) is 0 Å². The van der Waals surface area contributed by atoms with Crippen LogP contribution in [0.2, 0.25) is 0 Å². The number of amides is 1. The van der Waals surface area contributed by atoms with Crippen LogP contribution < -0.4 is 11.1 Å². The highest BCUT2D eigenvalue weighted by Gasteiger charge is 2.28. The van der Waals surface area contributed by atoms with Crippen molar-refractivity contribution in [2.75, 3.05) is 26.7 Å². The Bertz CT molecular complexity index is 705. The van der Waals surface area contributed by atoms with Crippen LogP contribution in [0.25, 0.3) is 0 Å². The molecule has 1 aromatic rings. The molecule has 164 valence electrons. The van der Waals surface area contributed by atoms with Gasteiger partial charge in [-0.05, 0) is 50.6 Å². The van der Waals surface area contributed by atoms with Gasteiger partial charge in [0.05, 0.1) is 18.3 Å². The van der Waals surface area contributed by atoms with Gasteiger partial charge in [-0.15, -0.1) is 0 Å². The maximum Gasteiger partial charge on any atom is 0.237 e. The molecule has 2 atom stereocenters. The van der Waals surface area contributed by atoms with Gasteiger partial charge in [0, 0.05) is 12.5 Å². The summed E-state index contributed by atoms with van der Waals surface area (Å²) in [5, 5.41) is 2.67. The number of hydrogen-bond donors (Lipinski definition) is 2. The summed E-state index contributed by atoms with van der Waals surface area (Å²) >= 11 is 0. The predicted molar refractivity (Wildman–Crippen MR) is 114 cm³/mol. The number of carbonyl (C=O) groups excluding carboxylic acids is 2. The van der Waals surface area contributed by atoms with Crippen LogP contribution in [0.5, 0.6) is 0 Å². The van der Waals surface area contributed by atoms with Crippen molar-refractivity contribution in [3.05, 3.63) is 17.3 Å². The summed E-state index contributed by atoms with van der Waals surface area (Å²) in [7, 11) is 2.09. The van der Waals surface area contributed by atoms with Gasteiger partial charge in [0.15, 0.2) is 11.7 Å². The van der Waals surface area contributed by atoms with Gasteiger partial charge in [0.2, 0.25) is 11.7 Å². The largest absolute Gasteiger partial charge is 0.437 e. The number of piperidine rings is 1. The number of likely N-dealkylation sites (N-methyl/N-ethyl adjacent to an activating group) is 1. The highest BCUT2D eigenvalue weighted by atomic mass is 16.4. The van der Waals surface area contributed by atoms with E-state index in [0.29, 0.717) is 30.3 Å². The first kappa shape index (κ1) is 23.5. The lowest BCUT2D eigenvalue weighted by Crippen LogP contribution is -2.44. The van der Waals surface area contributed by atoms with Gasteiger partial charge < -0.3 is 20.4 Å². The summed E-state index contributed by atoms with van der Waals surface area (Å²) in [6.07, 6.45) is 3.32. The molecular weight excluding hydrogens is 368 g/mol. The lowest BCUT2D eigenvalue weighted by Gasteiger charge is -2.27. The van der Waals surface area contributed by atoms with Gasteiger partial charge in [-0.1, -0.05) is 34.6 Å². The highest BCUT2D eigenvalue weighted by molar-refractivity contribution is 5.98. The van der Waals surface area contributed by atoms with Crippen molar-refractivity contribution in [2.24, 2.45) is 17.1 Å². The Balaban J connectivity index is 2.08. The molecule has 0 aromatic carbocycles. The van der Waals surface area contributed by atoms with Gasteiger partial charge in [-0.2, -0.15) is 0 Å². The van der Waals surface area contributed by atoms with E-state index in [1.807, 2.05) is 20.8 Å². The molecule has 0 bridgehead atoms. The van der Waals surface area contributed by atoms with E-state index in [-0.39, 0.29) is 35.3 Å². The Morgan fingerprint density at radius 2 is 2.03 bits per heavy atom. The number of oxazole rings is 1. The number of rotatable bonds is 8. The number of nitrogens with one attached hydrogen (secondary N) is 1. The quantitative estimate of drug-likeness (QED) is 0.644. The monoisotopic (exact) mass is 406 g/mol. The Morgan fingerprint density at radius 1 is 1.34 bits per heavy atom. The lowest BCUT2D eigenvalue weighted by molar-refractivity contribution is -0.122. The van der Waals surface area contributed by atoms with Gasteiger partial charge in [-0.3, -0.25) is 9.59 Å². The first-order valence-electron chi connectivity index (χ1n) is 10.7. The molecule has 3 N–H and O–H groups in total. The molecule has 2 unspecified atom stereocenters. The summed E-state index contributed by atoms with van der Waals surface area (Å²) in [4.78, 5) is 32.0. The maximum atomic E-state index is 12.8. The molecule has 7 nitrogen and oxygen atoms in total. The molecule has 0 spiro atoms. The molecule has 1 aliphatic heterocycles. The van der Waals surface area contributed by atoms with Crippen molar-refractivity contribution >= 4 is 11.7 Å². The second-order valence-electron chi connectivity index (χ2n) is 10.0. The first-order valence-corrected chi connectivity index (χ1v) is 10.7. The number of nitrogens with zero attached hydrogens (tertiary/aromatic N) is 2. The first-order chi connectivity index (χ1) is 13.5. The fourth-order valence-corrected chi connectivity index (χ4v) is 3.79. The normalized spacial score (nSPS) is 19.4. The van der Waals surface area contributed by atoms with Crippen molar-refractivity contribution in [3.63, 3.8) is 0 Å². The topological polar surface area (TPSA) is 101 Å². The molecule has 1 amide bonds. The summed E-state index contributed by atoms with van der Waals surface area (Å²) in [6.45, 7) is 12.1. The van der Waals surface area contributed by atoms with E-state index >= 15 is 0 Å². The number of carbonyl (C=O) groups is 2. The summed E-state index contributed by atoms with van der Waals surface area (Å²) in [5.74, 6) is 0.921. The van der Waals surface area contributed by atoms with Gasteiger partial charge in [-0.25, -0.2) is 4.98 Å². The fourth-order valence-electron chi connectivity index (χ4n) is 3.79. The van der Waals surface area contributed by atoms with Crippen LogP contribution in [-0.4, -0.2) is 54.3 Å². The minimum absolute atomic E-state index is 0.0574. The lowest BCUT2D eigenvalue weighted by atomic mass is 9.88. The Morgan fingerprint density at radius 3 is 2.62 bits per heavy atom. The molecule has 0 saturated carbocycles. The number of Topliss-reactive ketones (excluding diaryl/α,β-unsaturated/α-hetero) is 1. The molecule has 1 saturated heterocycles. The van der Waals surface area contributed by atoms with Gasteiger partial charge in [0.1, 0.15) is 0 Å². The Kier molecular flexibility index (Phi) is 8.00. The highest BCUT2D eigenvalue weighted by Crippen LogP contribution is 2.28. The molecule has 0 aliphatic carbocycles. The zero-order chi connectivity index (χ0) is 21.8. The van der Waals surface area contributed by atoms with Crippen LogP contribution in [0.1, 0.15) is 81.9 Å². The van der Waals surface area contributed by atoms with Crippen molar-refractivity contribution in [2.45, 2.75) is 72.3 Å². The number of ketones is 1. The maximum absolute atomic E-state index is 12.8. The van der Waals surface area contributed by atoms with E-state index in [1.165, 1.54) is 0 Å². The molecule has 2 rings (SSSR count). The molecule has 1 aromatic heterocycles. The molecule has 1 fully saturated rings. The van der Waals surface area contributed by atoms with Crippen molar-refractivity contribution in [1.29, 1.82) is 0 Å². The van der Waals surface area contributed by atoms with Crippen molar-refractivity contribution < 1.29 is 14.0 Å². The predicted octanol–water partition coefficient (Wildman–Crippen LogP) is 2.74. The van der Waals surface area contributed by atoms with Crippen LogP contribution in [0.3, 0.4) is 0 Å². The average Bonchev–Trinajstić information content (AvgIpc) is 3.01. The van der Waals surface area contributed by atoms with Crippen molar-refractivity contribution in [1.82, 2.24) is 15.2 Å². The third kappa shape index (κ3) is 7.23. The zero-order valence-electron chi connectivity index (χ0n) is 18.9. The number of hydrogen-bond acceptors (Lipinski definition) is 6. The SMILES string of the molecule is CC(C)Cc1nc(C2CCCN(C)C2)oc1C(=O)CNC(=O)C(N)CC(C)(C)C. The van der Waals surface area contributed by atoms with Crippen LogP contribution >= 0.6 is 0 Å². The van der Waals surface area contributed by atoms with E-state index in [0.717, 1.165) is 25.9 Å². The van der Waals surface area contributed by atoms with Crippen LogP contribution in [0.15, 0.2) is 4.42 Å². The molecule has 1 aliphatic rings. The molecule has 7 heteroatoms. The zero-order valence-corrected chi connectivity index (χ0v) is 18.9. The minimum atomic E-state index is -0.638. The smallest absolute Gasteiger partial charge is 0.237 e. The van der Waals surface area contributed by atoms with E-state index in [2.05, 4.69) is 36.1 Å². The van der Waals surface area contributed by atoms with E-state index in [9.17, 15) is 9.59 Å². The third-order valence-corrected chi connectivity index (χ3v) is 5.13. The summed E-state index contributed by atoms with van der Waals surface area (Å²) in [6, 6.07) is -0.638. The fraction of sp³-hybridized carbons (Fsp3) is 0.773. The van der Waals surface area contributed by atoms with E-state index < -0.39 is 6.04 Å². The second-order valence-corrected chi connectivity index (χ2v) is 10.0. The van der Waals surface area contributed by atoms with E-state index in [1.54, 1.807) is 0 Å². The third-order valence-electron chi connectivity index (χ3n) is 5.13. The number of aromatic nitrogens is 1. The van der Waals surface area contributed by atoms with Gasteiger partial charge in [0.25, 0.3) is 0 Å². The van der Waals surface area contributed by atoms with Crippen LogP contribution in [-0.2, 0) is 11.2 Å². The Labute approximate surface area is 174 Å². The van der Waals surface area contributed by atoms with Crippen LogP contribution in [0.4, 0.5) is 0 Å². The summed E-state index contributed by atoms with van der Waals surface area (Å²) in [5.41, 5.74) is 6.61. The molecule has 0 radical (unpaired) electrons. The molecular formula is C22H38N4O3. The van der Waals surface area contributed by atoms with Gasteiger partial charge >= 0.3 is 0 Å². The number of nitrogens with two attached hydrogens (primary N) is 1.